The number of rotatable bonds is 2. The van der Waals surface area contributed by atoms with Crippen LogP contribution in [-0.2, 0) is 6.54 Å². The summed E-state index contributed by atoms with van der Waals surface area (Å²) in [6, 6.07) is 11.8. The summed E-state index contributed by atoms with van der Waals surface area (Å²) in [5.41, 5.74) is 7.41. The summed E-state index contributed by atoms with van der Waals surface area (Å²) in [5.74, 6) is 0. The van der Waals surface area contributed by atoms with E-state index >= 15 is 0 Å². The summed E-state index contributed by atoms with van der Waals surface area (Å²) >= 11 is 1.80. The van der Waals surface area contributed by atoms with Crippen molar-refractivity contribution in [2.75, 3.05) is 0 Å². The van der Waals surface area contributed by atoms with Crippen molar-refractivity contribution in [2.24, 2.45) is 5.73 Å². The SMILES string of the molecule is NCc1ccc2cc(C(=O)I)ccc2c1. The van der Waals surface area contributed by atoms with Crippen molar-refractivity contribution in [2.45, 2.75) is 6.54 Å². The van der Waals surface area contributed by atoms with Crippen molar-refractivity contribution in [1.82, 2.24) is 0 Å². The Morgan fingerprint density at radius 1 is 1.13 bits per heavy atom. The average Bonchev–Trinajstić information content (AvgIpc) is 2.27. The van der Waals surface area contributed by atoms with Crippen LogP contribution in [0.2, 0.25) is 0 Å². The van der Waals surface area contributed by atoms with Crippen LogP contribution in [0.5, 0.6) is 0 Å². The van der Waals surface area contributed by atoms with E-state index in [1.165, 1.54) is 0 Å². The number of carbonyl (C=O) groups is 1. The molecule has 2 aromatic rings. The minimum atomic E-state index is 0.0670. The molecular formula is C12H10INO. The molecule has 0 radical (unpaired) electrons. The van der Waals surface area contributed by atoms with Crippen molar-refractivity contribution in [3.05, 3.63) is 47.5 Å². The monoisotopic (exact) mass is 311 g/mol. The molecule has 0 bridgehead atoms. The molecule has 2 N–H and O–H groups in total. The first kappa shape index (κ1) is 10.6. The normalized spacial score (nSPS) is 10.5. The third-order valence-electron chi connectivity index (χ3n) is 2.37. The van der Waals surface area contributed by atoms with Gasteiger partial charge in [0.05, 0.1) is 0 Å². The van der Waals surface area contributed by atoms with Gasteiger partial charge in [0, 0.05) is 34.7 Å². The third kappa shape index (κ3) is 2.18. The molecule has 0 saturated heterocycles. The molecule has 2 rings (SSSR count). The van der Waals surface area contributed by atoms with E-state index in [1.807, 2.05) is 30.3 Å². The lowest BCUT2D eigenvalue weighted by atomic mass is 10.0. The van der Waals surface area contributed by atoms with Gasteiger partial charge in [0.25, 0.3) is 0 Å². The third-order valence-corrected chi connectivity index (χ3v) is 2.99. The molecule has 3 heteroatoms. The number of fused-ring (bicyclic) bond motifs is 1. The van der Waals surface area contributed by atoms with Gasteiger partial charge in [0.15, 0.2) is 0 Å². The maximum absolute atomic E-state index is 11.2. The molecule has 2 nitrogen and oxygen atoms in total. The molecule has 0 heterocycles. The second-order valence-corrected chi connectivity index (χ2v) is 4.35. The first-order chi connectivity index (χ1) is 7.20. The van der Waals surface area contributed by atoms with Crippen LogP contribution in [0, 0.1) is 0 Å². The number of hydrogen-bond acceptors (Lipinski definition) is 2. The quantitative estimate of drug-likeness (QED) is 0.684. The Morgan fingerprint density at radius 2 is 1.80 bits per heavy atom. The zero-order valence-corrected chi connectivity index (χ0v) is 10.2. The highest BCUT2D eigenvalue weighted by molar-refractivity contribution is 14.1. The van der Waals surface area contributed by atoms with E-state index in [9.17, 15) is 4.79 Å². The van der Waals surface area contributed by atoms with Crippen LogP contribution in [-0.4, -0.2) is 3.79 Å². The highest BCUT2D eigenvalue weighted by Crippen LogP contribution is 2.19. The molecule has 0 fully saturated rings. The van der Waals surface area contributed by atoms with Crippen LogP contribution in [0.25, 0.3) is 10.8 Å². The molecule has 0 amide bonds. The second-order valence-electron chi connectivity index (χ2n) is 3.37. The molecule has 0 aliphatic carbocycles. The summed E-state index contributed by atoms with van der Waals surface area (Å²) in [6.07, 6.45) is 0. The van der Waals surface area contributed by atoms with Crippen LogP contribution < -0.4 is 5.73 Å². The maximum Gasteiger partial charge on any atom is 0.222 e. The maximum atomic E-state index is 11.2. The Morgan fingerprint density at radius 3 is 2.47 bits per heavy atom. The van der Waals surface area contributed by atoms with E-state index in [2.05, 4.69) is 6.07 Å². The topological polar surface area (TPSA) is 43.1 Å². The molecule has 15 heavy (non-hydrogen) atoms. The fraction of sp³-hybridized carbons (Fsp3) is 0.0833. The molecule has 0 unspecified atom stereocenters. The van der Waals surface area contributed by atoms with Gasteiger partial charge in [0.1, 0.15) is 0 Å². The van der Waals surface area contributed by atoms with E-state index in [4.69, 9.17) is 5.73 Å². The highest BCUT2D eigenvalue weighted by atomic mass is 127. The van der Waals surface area contributed by atoms with Gasteiger partial charge >= 0.3 is 0 Å². The minimum absolute atomic E-state index is 0.0670. The van der Waals surface area contributed by atoms with E-state index in [0.29, 0.717) is 6.54 Å². The van der Waals surface area contributed by atoms with Crippen LogP contribution in [0.1, 0.15) is 15.9 Å². The molecule has 0 aliphatic heterocycles. The van der Waals surface area contributed by atoms with Crippen LogP contribution >= 0.6 is 22.6 Å². The summed E-state index contributed by atoms with van der Waals surface area (Å²) in [6.45, 7) is 0.545. The standard InChI is InChI=1S/C12H10INO/c13-12(15)11-4-3-9-5-8(7-14)1-2-10(9)6-11/h1-6H,7,14H2. The Labute approximate surface area is 102 Å². The van der Waals surface area contributed by atoms with Crippen LogP contribution in [0.4, 0.5) is 0 Å². The van der Waals surface area contributed by atoms with Crippen molar-refractivity contribution in [3.8, 4) is 0 Å². The zero-order valence-electron chi connectivity index (χ0n) is 8.03. The lowest BCUT2D eigenvalue weighted by Crippen LogP contribution is -1.95. The largest absolute Gasteiger partial charge is 0.326 e. The molecule has 0 saturated carbocycles. The molecule has 76 valence electrons. The molecule has 0 atom stereocenters. The van der Waals surface area contributed by atoms with Gasteiger partial charge in [0.2, 0.25) is 3.79 Å². The first-order valence-electron chi connectivity index (χ1n) is 4.63. The van der Waals surface area contributed by atoms with E-state index in [-0.39, 0.29) is 3.79 Å². The van der Waals surface area contributed by atoms with Gasteiger partial charge in [-0.15, -0.1) is 0 Å². The molecule has 0 aliphatic rings. The second kappa shape index (κ2) is 4.28. The van der Waals surface area contributed by atoms with Crippen molar-refractivity contribution >= 4 is 37.2 Å². The van der Waals surface area contributed by atoms with Crippen LogP contribution in [0.3, 0.4) is 0 Å². The van der Waals surface area contributed by atoms with E-state index in [1.54, 1.807) is 22.6 Å². The predicted molar refractivity (Wildman–Crippen MR) is 70.2 cm³/mol. The lowest BCUT2D eigenvalue weighted by molar-refractivity contribution is 0.110. The van der Waals surface area contributed by atoms with Gasteiger partial charge < -0.3 is 5.73 Å². The number of hydrogen-bond donors (Lipinski definition) is 1. The van der Waals surface area contributed by atoms with Gasteiger partial charge in [-0.05, 0) is 34.5 Å². The fourth-order valence-electron chi connectivity index (χ4n) is 1.54. The van der Waals surface area contributed by atoms with Crippen molar-refractivity contribution < 1.29 is 4.79 Å². The average molecular weight is 311 g/mol. The lowest BCUT2D eigenvalue weighted by Gasteiger charge is -2.02. The summed E-state index contributed by atoms with van der Waals surface area (Å²) < 4.78 is 0.0670. The van der Waals surface area contributed by atoms with Gasteiger partial charge in [-0.1, -0.05) is 18.2 Å². The van der Waals surface area contributed by atoms with Gasteiger partial charge in [-0.3, -0.25) is 4.79 Å². The van der Waals surface area contributed by atoms with E-state index in [0.717, 1.165) is 21.9 Å². The summed E-state index contributed by atoms with van der Waals surface area (Å²) in [7, 11) is 0. The van der Waals surface area contributed by atoms with E-state index < -0.39 is 0 Å². The number of nitrogens with two attached hydrogens (primary N) is 1. The minimum Gasteiger partial charge on any atom is -0.326 e. The Balaban J connectivity index is 2.59. The number of carbonyl (C=O) groups excluding carboxylic acids is 1. The van der Waals surface area contributed by atoms with Gasteiger partial charge in [-0.25, -0.2) is 0 Å². The molecular weight excluding hydrogens is 301 g/mol. The Bertz CT molecular complexity index is 522. The zero-order chi connectivity index (χ0) is 10.8. The molecule has 2 aromatic carbocycles. The highest BCUT2D eigenvalue weighted by Gasteiger charge is 2.02. The Kier molecular flexibility index (Phi) is 3.02. The fourth-order valence-corrected chi connectivity index (χ4v) is 1.88. The summed E-state index contributed by atoms with van der Waals surface area (Å²) in [5, 5.41) is 2.20. The summed E-state index contributed by atoms with van der Waals surface area (Å²) in [4.78, 5) is 11.2. The molecule has 0 aromatic heterocycles. The van der Waals surface area contributed by atoms with Crippen molar-refractivity contribution in [1.29, 1.82) is 0 Å². The predicted octanol–water partition coefficient (Wildman–Crippen LogP) is 2.87. The smallest absolute Gasteiger partial charge is 0.222 e. The molecule has 0 spiro atoms. The number of halogens is 1. The number of benzene rings is 2. The van der Waals surface area contributed by atoms with Crippen molar-refractivity contribution in [3.63, 3.8) is 0 Å². The van der Waals surface area contributed by atoms with Gasteiger partial charge in [-0.2, -0.15) is 0 Å². The first-order valence-corrected chi connectivity index (χ1v) is 5.71. The Hall–Kier alpha value is -0.940. The van der Waals surface area contributed by atoms with Crippen LogP contribution in [0.15, 0.2) is 36.4 Å².